The van der Waals surface area contributed by atoms with Crippen molar-refractivity contribution < 1.29 is 14.6 Å². The van der Waals surface area contributed by atoms with Crippen molar-refractivity contribution in [3.63, 3.8) is 0 Å². The highest BCUT2D eigenvalue weighted by Gasteiger charge is 2.32. The van der Waals surface area contributed by atoms with Crippen molar-refractivity contribution in [2.45, 2.75) is 103 Å². The Balaban J connectivity index is 1.86. The molecule has 1 amide bonds. The van der Waals surface area contributed by atoms with Gasteiger partial charge in [0, 0.05) is 31.3 Å². The predicted molar refractivity (Wildman–Crippen MR) is 101 cm³/mol. The van der Waals surface area contributed by atoms with E-state index in [0.29, 0.717) is 24.6 Å². The summed E-state index contributed by atoms with van der Waals surface area (Å²) in [6, 6.07) is 1.14. The molecule has 2 fully saturated rings. The second kappa shape index (κ2) is 9.22. The van der Waals surface area contributed by atoms with Crippen LogP contribution in [0.2, 0.25) is 0 Å². The van der Waals surface area contributed by atoms with Crippen molar-refractivity contribution >= 4 is 6.09 Å². The molecule has 4 atom stereocenters. The van der Waals surface area contributed by atoms with Crippen molar-refractivity contribution in [1.82, 2.24) is 10.2 Å². The SMILES string of the molecule is CC(CC1CCCCN1C(=O)OC(C)(C)C)NC1CCCC(CO)C1. The lowest BCUT2D eigenvalue weighted by Crippen LogP contribution is -2.49. The normalized spacial score (nSPS) is 29.3. The molecular weight excluding hydrogens is 316 g/mol. The van der Waals surface area contributed by atoms with Crippen LogP contribution in [-0.2, 0) is 4.74 Å². The molecule has 0 aromatic rings. The number of nitrogens with one attached hydrogen (secondary N) is 1. The second-order valence-corrected chi connectivity index (χ2v) is 9.04. The third-order valence-corrected chi connectivity index (χ3v) is 5.44. The molecule has 4 unspecified atom stereocenters. The Morgan fingerprint density at radius 3 is 2.68 bits per heavy atom. The molecule has 2 aliphatic rings. The highest BCUT2D eigenvalue weighted by atomic mass is 16.6. The number of piperidine rings is 1. The van der Waals surface area contributed by atoms with E-state index in [1.165, 1.54) is 19.3 Å². The minimum absolute atomic E-state index is 0.164. The molecule has 1 aliphatic heterocycles. The Labute approximate surface area is 153 Å². The van der Waals surface area contributed by atoms with Gasteiger partial charge in [0.05, 0.1) is 0 Å². The van der Waals surface area contributed by atoms with E-state index in [2.05, 4.69) is 12.2 Å². The summed E-state index contributed by atoms with van der Waals surface area (Å²) < 4.78 is 5.61. The molecule has 1 heterocycles. The fourth-order valence-electron chi connectivity index (χ4n) is 4.29. The van der Waals surface area contributed by atoms with Crippen molar-refractivity contribution in [1.29, 1.82) is 0 Å². The fraction of sp³-hybridized carbons (Fsp3) is 0.950. The first-order chi connectivity index (χ1) is 11.8. The van der Waals surface area contributed by atoms with Crippen molar-refractivity contribution in [3.05, 3.63) is 0 Å². The topological polar surface area (TPSA) is 61.8 Å². The van der Waals surface area contributed by atoms with Gasteiger partial charge in [-0.25, -0.2) is 4.79 Å². The maximum Gasteiger partial charge on any atom is 0.410 e. The third-order valence-electron chi connectivity index (χ3n) is 5.44. The van der Waals surface area contributed by atoms with Gasteiger partial charge in [0.1, 0.15) is 5.60 Å². The van der Waals surface area contributed by atoms with Crippen LogP contribution in [0.25, 0.3) is 0 Å². The monoisotopic (exact) mass is 354 g/mol. The lowest BCUT2D eigenvalue weighted by atomic mass is 9.85. The number of carbonyl (C=O) groups excluding carboxylic acids is 1. The van der Waals surface area contributed by atoms with E-state index >= 15 is 0 Å². The van der Waals surface area contributed by atoms with Crippen molar-refractivity contribution in [2.24, 2.45) is 5.92 Å². The molecule has 25 heavy (non-hydrogen) atoms. The molecule has 1 aliphatic carbocycles. The lowest BCUT2D eigenvalue weighted by molar-refractivity contribution is 0.00764. The molecule has 0 bridgehead atoms. The fourth-order valence-corrected chi connectivity index (χ4v) is 4.29. The van der Waals surface area contributed by atoms with E-state index in [1.54, 1.807) is 0 Å². The largest absolute Gasteiger partial charge is 0.444 e. The van der Waals surface area contributed by atoms with Crippen LogP contribution in [0, 0.1) is 5.92 Å². The molecule has 146 valence electrons. The number of ether oxygens (including phenoxy) is 1. The number of nitrogens with zero attached hydrogens (tertiary/aromatic N) is 1. The van der Waals surface area contributed by atoms with Crippen LogP contribution >= 0.6 is 0 Å². The lowest BCUT2D eigenvalue weighted by Gasteiger charge is -2.39. The van der Waals surface area contributed by atoms with Crippen LogP contribution in [0.3, 0.4) is 0 Å². The summed E-state index contributed by atoms with van der Waals surface area (Å²) in [5, 5.41) is 13.2. The minimum atomic E-state index is -0.440. The summed E-state index contributed by atoms with van der Waals surface area (Å²) in [6.07, 6.45) is 8.74. The van der Waals surface area contributed by atoms with Gasteiger partial charge in [-0.05, 0) is 78.6 Å². The van der Waals surface area contributed by atoms with Crippen LogP contribution in [-0.4, -0.2) is 53.0 Å². The van der Waals surface area contributed by atoms with E-state index in [0.717, 1.165) is 38.6 Å². The number of carbonyl (C=O) groups is 1. The Hall–Kier alpha value is -0.810. The first-order valence-corrected chi connectivity index (χ1v) is 10.1. The van der Waals surface area contributed by atoms with Gasteiger partial charge < -0.3 is 20.1 Å². The quantitative estimate of drug-likeness (QED) is 0.790. The number of likely N-dealkylation sites (tertiary alicyclic amines) is 1. The van der Waals surface area contributed by atoms with E-state index in [4.69, 9.17) is 4.74 Å². The number of hydrogen-bond donors (Lipinski definition) is 2. The summed E-state index contributed by atoms with van der Waals surface area (Å²) in [5.41, 5.74) is -0.440. The average Bonchev–Trinajstić information content (AvgIpc) is 2.53. The van der Waals surface area contributed by atoms with E-state index in [9.17, 15) is 9.90 Å². The molecular formula is C20H38N2O3. The molecule has 5 heteroatoms. The number of aliphatic hydroxyl groups is 1. The molecule has 0 aromatic carbocycles. The van der Waals surface area contributed by atoms with Gasteiger partial charge >= 0.3 is 6.09 Å². The number of hydrogen-bond acceptors (Lipinski definition) is 4. The zero-order chi connectivity index (χ0) is 18.4. The summed E-state index contributed by atoms with van der Waals surface area (Å²) >= 11 is 0. The summed E-state index contributed by atoms with van der Waals surface area (Å²) in [7, 11) is 0. The first kappa shape index (κ1) is 20.5. The zero-order valence-electron chi connectivity index (χ0n) is 16.6. The maximum atomic E-state index is 12.5. The molecule has 1 saturated heterocycles. The summed E-state index contributed by atoms with van der Waals surface area (Å²) in [4.78, 5) is 14.5. The Kier molecular flexibility index (Phi) is 7.56. The molecule has 2 rings (SSSR count). The maximum absolute atomic E-state index is 12.5. The van der Waals surface area contributed by atoms with Crippen molar-refractivity contribution in [3.8, 4) is 0 Å². The van der Waals surface area contributed by atoms with Gasteiger partial charge in [0.25, 0.3) is 0 Å². The summed E-state index contributed by atoms with van der Waals surface area (Å²) in [5.74, 6) is 0.450. The Bertz CT molecular complexity index is 422. The first-order valence-electron chi connectivity index (χ1n) is 10.1. The average molecular weight is 355 g/mol. The van der Waals surface area contributed by atoms with E-state index in [-0.39, 0.29) is 12.1 Å². The minimum Gasteiger partial charge on any atom is -0.444 e. The van der Waals surface area contributed by atoms with Gasteiger partial charge in [0.15, 0.2) is 0 Å². The van der Waals surface area contributed by atoms with Crippen LogP contribution in [0.15, 0.2) is 0 Å². The standard InChI is InChI=1S/C20H38N2O3/c1-15(21-17-9-7-8-16(13-17)14-23)12-18-10-5-6-11-22(18)19(24)25-20(2,3)4/h15-18,21,23H,5-14H2,1-4H3. The number of rotatable bonds is 5. The Morgan fingerprint density at radius 2 is 2.00 bits per heavy atom. The van der Waals surface area contributed by atoms with Gasteiger partial charge in [-0.3, -0.25) is 0 Å². The summed E-state index contributed by atoms with van der Waals surface area (Å²) in [6.45, 7) is 9.12. The Morgan fingerprint density at radius 1 is 1.24 bits per heavy atom. The van der Waals surface area contributed by atoms with Gasteiger partial charge in [-0.15, -0.1) is 0 Å². The molecule has 0 spiro atoms. The van der Waals surface area contributed by atoms with Crippen LogP contribution in [0.5, 0.6) is 0 Å². The molecule has 0 radical (unpaired) electrons. The predicted octanol–water partition coefficient (Wildman–Crippen LogP) is 3.70. The van der Waals surface area contributed by atoms with Crippen LogP contribution in [0.1, 0.15) is 79.1 Å². The van der Waals surface area contributed by atoms with Gasteiger partial charge in [0.2, 0.25) is 0 Å². The van der Waals surface area contributed by atoms with Crippen LogP contribution in [0.4, 0.5) is 4.79 Å². The number of aliphatic hydroxyl groups excluding tert-OH is 1. The van der Waals surface area contributed by atoms with Gasteiger partial charge in [-0.1, -0.05) is 6.42 Å². The van der Waals surface area contributed by atoms with Gasteiger partial charge in [-0.2, -0.15) is 0 Å². The van der Waals surface area contributed by atoms with E-state index in [1.807, 2.05) is 25.7 Å². The van der Waals surface area contributed by atoms with E-state index < -0.39 is 5.60 Å². The molecule has 0 aromatic heterocycles. The molecule has 2 N–H and O–H groups in total. The highest BCUT2D eigenvalue weighted by Crippen LogP contribution is 2.26. The van der Waals surface area contributed by atoms with Crippen molar-refractivity contribution in [2.75, 3.05) is 13.2 Å². The zero-order valence-corrected chi connectivity index (χ0v) is 16.6. The highest BCUT2D eigenvalue weighted by molar-refractivity contribution is 5.68. The molecule has 1 saturated carbocycles. The number of amides is 1. The smallest absolute Gasteiger partial charge is 0.410 e. The second-order valence-electron chi connectivity index (χ2n) is 9.04. The molecule has 5 nitrogen and oxygen atoms in total. The third kappa shape index (κ3) is 6.78. The van der Waals surface area contributed by atoms with Crippen LogP contribution < -0.4 is 5.32 Å².